The lowest BCUT2D eigenvalue weighted by Crippen LogP contribution is -1.88. The minimum absolute atomic E-state index is 0.442. The zero-order valence-electron chi connectivity index (χ0n) is 7.11. The van der Waals surface area contributed by atoms with Gasteiger partial charge in [0.05, 0.1) is 12.4 Å². The Hall–Kier alpha value is -1.48. The number of rotatable bonds is 1. The zero-order valence-corrected chi connectivity index (χ0v) is 7.87. The molecule has 1 heterocycles. The topological polar surface area (TPSA) is 25.8 Å². The highest BCUT2D eigenvalue weighted by Gasteiger charge is 2.00. The summed E-state index contributed by atoms with van der Waals surface area (Å²) in [4.78, 5) is 7.70. The second-order valence-corrected chi connectivity index (χ2v) is 3.17. The van der Waals surface area contributed by atoms with E-state index in [0.717, 1.165) is 18.0 Å². The number of aromatic nitrogens is 2. The molecule has 0 saturated carbocycles. The van der Waals surface area contributed by atoms with Crippen molar-refractivity contribution in [2.45, 2.75) is 0 Å². The Morgan fingerprint density at radius 1 is 1.00 bits per heavy atom. The van der Waals surface area contributed by atoms with Crippen molar-refractivity contribution in [2.24, 2.45) is 0 Å². The molecule has 1 aromatic heterocycles. The minimum Gasteiger partial charge on any atom is -0.233 e. The molecule has 0 aliphatic heterocycles. The molecule has 4 heteroatoms. The van der Waals surface area contributed by atoms with E-state index in [1.807, 2.05) is 0 Å². The molecule has 0 atom stereocenters. The molecule has 2 aromatic rings. The first-order valence-corrected chi connectivity index (χ1v) is 4.37. The molecule has 0 bridgehead atoms. The third-order valence-corrected chi connectivity index (χ3v) is 1.97. The fraction of sp³-hybridized carbons (Fsp3) is 0. The van der Waals surface area contributed by atoms with Gasteiger partial charge in [-0.1, -0.05) is 11.6 Å². The van der Waals surface area contributed by atoms with Gasteiger partial charge in [0.1, 0.15) is 0 Å². The molecule has 14 heavy (non-hydrogen) atoms. The van der Waals surface area contributed by atoms with Crippen molar-refractivity contribution in [1.29, 1.82) is 0 Å². The fourth-order valence-corrected chi connectivity index (χ4v) is 1.19. The maximum Gasteiger partial charge on any atom is 0.159 e. The van der Waals surface area contributed by atoms with E-state index in [1.165, 1.54) is 0 Å². The normalized spacial score (nSPS) is 10.1. The second-order valence-electron chi connectivity index (χ2n) is 2.73. The van der Waals surface area contributed by atoms with Gasteiger partial charge in [0, 0.05) is 10.6 Å². The van der Waals surface area contributed by atoms with E-state index in [4.69, 9.17) is 11.6 Å². The van der Waals surface area contributed by atoms with E-state index in [0.29, 0.717) is 10.8 Å². The molecular formula is C10H6ClFN2. The molecule has 0 amide bonds. The number of halogens is 2. The third kappa shape index (κ3) is 1.88. The Bertz CT molecular complexity index is 381. The van der Waals surface area contributed by atoms with Crippen molar-refractivity contribution < 1.29 is 4.39 Å². The maximum absolute atomic E-state index is 12.5. The number of hydrogen-bond donors (Lipinski definition) is 0. The lowest BCUT2D eigenvalue weighted by atomic mass is 10.2. The predicted molar refractivity (Wildman–Crippen MR) is 52.4 cm³/mol. The summed E-state index contributed by atoms with van der Waals surface area (Å²) in [6.45, 7) is 0. The van der Waals surface area contributed by atoms with E-state index in [2.05, 4.69) is 9.97 Å². The molecule has 0 unspecified atom stereocenters. The van der Waals surface area contributed by atoms with Crippen LogP contribution >= 0.6 is 11.6 Å². The smallest absolute Gasteiger partial charge is 0.159 e. The lowest BCUT2D eigenvalue weighted by Gasteiger charge is -1.98. The van der Waals surface area contributed by atoms with Crippen LogP contribution in [0.1, 0.15) is 0 Å². The van der Waals surface area contributed by atoms with Crippen molar-refractivity contribution in [1.82, 2.24) is 9.97 Å². The average Bonchev–Trinajstić information content (AvgIpc) is 2.21. The van der Waals surface area contributed by atoms with Crippen LogP contribution in [0.2, 0.25) is 5.02 Å². The number of benzene rings is 1. The van der Waals surface area contributed by atoms with Crippen LogP contribution in [0.5, 0.6) is 0 Å². The summed E-state index contributed by atoms with van der Waals surface area (Å²) < 4.78 is 12.5. The fourth-order valence-electron chi connectivity index (χ4n) is 1.06. The summed E-state index contributed by atoms with van der Waals surface area (Å²) in [7, 11) is 0. The molecule has 0 fully saturated rings. The predicted octanol–water partition coefficient (Wildman–Crippen LogP) is 2.94. The SMILES string of the molecule is Fc1cnc(-c2ccc(Cl)cc2)nc1. The molecule has 0 N–H and O–H groups in total. The average molecular weight is 209 g/mol. The van der Waals surface area contributed by atoms with Crippen LogP contribution in [0.25, 0.3) is 11.4 Å². The second kappa shape index (κ2) is 3.72. The Labute approximate surface area is 85.4 Å². The van der Waals surface area contributed by atoms with E-state index >= 15 is 0 Å². The van der Waals surface area contributed by atoms with Crippen LogP contribution in [0.15, 0.2) is 36.7 Å². The van der Waals surface area contributed by atoms with Crippen molar-refractivity contribution >= 4 is 11.6 Å². The molecule has 0 aliphatic rings. The molecule has 0 radical (unpaired) electrons. The summed E-state index contributed by atoms with van der Waals surface area (Å²) in [5.74, 6) is 0.0470. The lowest BCUT2D eigenvalue weighted by molar-refractivity contribution is 0.614. The maximum atomic E-state index is 12.5. The van der Waals surface area contributed by atoms with Gasteiger partial charge < -0.3 is 0 Å². The molecule has 2 rings (SSSR count). The van der Waals surface area contributed by atoms with Crippen LogP contribution in [-0.4, -0.2) is 9.97 Å². The van der Waals surface area contributed by atoms with Crippen molar-refractivity contribution in [2.75, 3.05) is 0 Å². The van der Waals surface area contributed by atoms with Gasteiger partial charge in [-0.05, 0) is 24.3 Å². The highest BCUT2D eigenvalue weighted by atomic mass is 35.5. The largest absolute Gasteiger partial charge is 0.233 e. The van der Waals surface area contributed by atoms with Crippen molar-refractivity contribution in [3.63, 3.8) is 0 Å². The highest BCUT2D eigenvalue weighted by Crippen LogP contribution is 2.17. The minimum atomic E-state index is -0.442. The van der Waals surface area contributed by atoms with Crippen LogP contribution in [0, 0.1) is 5.82 Å². The summed E-state index contributed by atoms with van der Waals surface area (Å²) in [6, 6.07) is 7.05. The summed E-state index contributed by atoms with van der Waals surface area (Å²) in [5.41, 5.74) is 0.814. The molecular weight excluding hydrogens is 203 g/mol. The third-order valence-electron chi connectivity index (χ3n) is 1.72. The van der Waals surface area contributed by atoms with Gasteiger partial charge in [-0.3, -0.25) is 0 Å². The van der Waals surface area contributed by atoms with Crippen LogP contribution in [0.4, 0.5) is 4.39 Å². The van der Waals surface area contributed by atoms with Crippen molar-refractivity contribution in [3.05, 3.63) is 47.5 Å². The Morgan fingerprint density at radius 2 is 1.57 bits per heavy atom. The van der Waals surface area contributed by atoms with E-state index in [1.54, 1.807) is 24.3 Å². The quantitative estimate of drug-likeness (QED) is 0.720. The first-order valence-electron chi connectivity index (χ1n) is 3.99. The van der Waals surface area contributed by atoms with Gasteiger partial charge >= 0.3 is 0 Å². The summed E-state index contributed by atoms with van der Waals surface area (Å²) in [5, 5.41) is 0.649. The number of hydrogen-bond acceptors (Lipinski definition) is 2. The van der Waals surface area contributed by atoms with Crippen LogP contribution in [-0.2, 0) is 0 Å². The van der Waals surface area contributed by atoms with Crippen molar-refractivity contribution in [3.8, 4) is 11.4 Å². The van der Waals surface area contributed by atoms with Crippen LogP contribution < -0.4 is 0 Å². The van der Waals surface area contributed by atoms with Gasteiger partial charge in [0.25, 0.3) is 0 Å². The highest BCUT2D eigenvalue weighted by molar-refractivity contribution is 6.30. The standard InChI is InChI=1S/C10H6ClFN2/c11-8-3-1-7(2-4-8)10-13-5-9(12)6-14-10/h1-6H. The van der Waals surface area contributed by atoms with Gasteiger partial charge in [-0.15, -0.1) is 0 Å². The molecule has 1 aromatic carbocycles. The van der Waals surface area contributed by atoms with E-state index < -0.39 is 5.82 Å². The van der Waals surface area contributed by atoms with Crippen LogP contribution in [0.3, 0.4) is 0 Å². The molecule has 70 valence electrons. The van der Waals surface area contributed by atoms with Gasteiger partial charge in [0.15, 0.2) is 11.6 Å². The van der Waals surface area contributed by atoms with Gasteiger partial charge in [-0.25, -0.2) is 14.4 Å². The zero-order chi connectivity index (χ0) is 9.97. The van der Waals surface area contributed by atoms with Gasteiger partial charge in [0.2, 0.25) is 0 Å². The first-order chi connectivity index (χ1) is 6.75. The molecule has 2 nitrogen and oxygen atoms in total. The van der Waals surface area contributed by atoms with E-state index in [-0.39, 0.29) is 0 Å². The molecule has 0 aliphatic carbocycles. The van der Waals surface area contributed by atoms with Gasteiger partial charge in [-0.2, -0.15) is 0 Å². The van der Waals surface area contributed by atoms with E-state index in [9.17, 15) is 4.39 Å². The monoisotopic (exact) mass is 208 g/mol. The Balaban J connectivity index is 2.40. The first kappa shape index (κ1) is 9.09. The summed E-state index contributed by atoms with van der Waals surface area (Å²) >= 11 is 5.72. The number of nitrogens with zero attached hydrogens (tertiary/aromatic N) is 2. The molecule has 0 spiro atoms. The molecule has 0 saturated heterocycles. The summed E-state index contributed by atoms with van der Waals surface area (Å²) in [6.07, 6.45) is 2.27. The Morgan fingerprint density at radius 3 is 2.14 bits per heavy atom. The Kier molecular flexibility index (Phi) is 2.41.